The van der Waals surface area contributed by atoms with Gasteiger partial charge in [-0.1, -0.05) is 274 Å². The highest BCUT2D eigenvalue weighted by Gasteiger charge is 2.49. The smallest absolute Gasteiger partial charge is 0.407 e. The van der Waals surface area contributed by atoms with Crippen LogP contribution >= 0.6 is 0 Å². The average Bonchev–Trinajstić information content (AvgIpc) is 0.801. The molecular formula is C80H128N2O15. The standard InChI is InChI=1S/C80H128N2O15/c1-4-6-8-10-12-14-16-18-20-22-24-26-28-30-32-46-57-90-64-71(91-58-47-33-31-29-27-25-23-21-19-17-15-13-11-9-7-5-2)65-94-80(87)82-55-45-37-44-54-73(83)81-56-59-88-60-61-89-62-63-92-79-67(3)74(96-77(85)69-50-40-35-41-51-69)75(97-78(86)70-52-42-36-43-53-70)72(95-79)66-93-76(84)68-48-38-34-39-49-68/h34-36,38-43,48-53,67,71-72,74-75,79H,4-33,37,44-47,54-66H2,1-3H3,(H,81,83)(H,82,87)/t67?,71-,72?,74+,75+,79-/m0/s1. The number of rotatable bonds is 62. The van der Waals surface area contributed by atoms with Crippen LogP contribution in [-0.2, 0) is 52.2 Å². The zero-order valence-electron chi connectivity index (χ0n) is 60.2. The number of ether oxygens (including phenoxy) is 10. The Hall–Kier alpha value is -5.43. The molecule has 1 aliphatic heterocycles. The largest absolute Gasteiger partial charge is 0.459 e. The minimum absolute atomic E-state index is 0.0690. The van der Waals surface area contributed by atoms with Gasteiger partial charge in [0.15, 0.2) is 12.4 Å². The number of hydrogen-bond donors (Lipinski definition) is 2. The number of hydrogen-bond acceptors (Lipinski definition) is 15. The molecule has 2 N–H and O–H groups in total. The summed E-state index contributed by atoms with van der Waals surface area (Å²) in [6.07, 6.45) is 39.9. The molecule has 0 bridgehead atoms. The Labute approximate surface area is 584 Å². The van der Waals surface area contributed by atoms with E-state index in [1.54, 1.807) is 97.9 Å². The molecule has 548 valence electrons. The quantitative estimate of drug-likeness (QED) is 0.0307. The number of carbonyl (C=O) groups is 5. The molecule has 17 heteroatoms. The number of carbonyl (C=O) groups excluding carboxylic acids is 5. The Morgan fingerprint density at radius 3 is 1.32 bits per heavy atom. The third-order valence-corrected chi connectivity index (χ3v) is 17.8. The molecule has 1 aliphatic rings. The van der Waals surface area contributed by atoms with Crippen molar-refractivity contribution in [2.45, 2.75) is 283 Å². The van der Waals surface area contributed by atoms with Gasteiger partial charge in [0, 0.05) is 38.6 Å². The number of esters is 3. The lowest BCUT2D eigenvalue weighted by Crippen LogP contribution is -2.58. The van der Waals surface area contributed by atoms with Gasteiger partial charge in [0.2, 0.25) is 5.91 Å². The number of amides is 2. The molecule has 2 amide bonds. The van der Waals surface area contributed by atoms with Crippen molar-refractivity contribution in [1.82, 2.24) is 10.6 Å². The topological polar surface area (TPSA) is 202 Å². The Morgan fingerprint density at radius 1 is 0.402 bits per heavy atom. The van der Waals surface area contributed by atoms with Crippen molar-refractivity contribution in [3.05, 3.63) is 108 Å². The maximum Gasteiger partial charge on any atom is 0.407 e. The number of alkyl carbamates (subject to hydrolysis) is 1. The average molecular weight is 1360 g/mol. The molecule has 0 aromatic heterocycles. The fraction of sp³-hybridized carbons (Fsp3) is 0.713. The van der Waals surface area contributed by atoms with Gasteiger partial charge >= 0.3 is 24.0 Å². The maximum absolute atomic E-state index is 13.6. The molecule has 2 unspecified atom stereocenters. The van der Waals surface area contributed by atoms with Crippen LogP contribution in [0.1, 0.15) is 283 Å². The van der Waals surface area contributed by atoms with Gasteiger partial charge in [-0.2, -0.15) is 0 Å². The molecule has 1 saturated heterocycles. The van der Waals surface area contributed by atoms with Crippen molar-refractivity contribution in [1.29, 1.82) is 0 Å². The summed E-state index contributed by atoms with van der Waals surface area (Å²) in [6, 6.07) is 25.3. The van der Waals surface area contributed by atoms with Gasteiger partial charge in [0.25, 0.3) is 0 Å². The van der Waals surface area contributed by atoms with E-state index in [1.165, 1.54) is 186 Å². The zero-order chi connectivity index (χ0) is 69.1. The van der Waals surface area contributed by atoms with Crippen LogP contribution < -0.4 is 10.6 Å². The summed E-state index contributed by atoms with van der Waals surface area (Å²) in [5.41, 5.74) is 0.894. The third-order valence-electron chi connectivity index (χ3n) is 17.8. The molecule has 1 heterocycles. The van der Waals surface area contributed by atoms with E-state index >= 15 is 0 Å². The Bertz CT molecular complexity index is 2390. The predicted molar refractivity (Wildman–Crippen MR) is 384 cm³/mol. The number of unbranched alkanes of at least 4 members (excludes halogenated alkanes) is 32. The minimum Gasteiger partial charge on any atom is -0.459 e. The van der Waals surface area contributed by atoms with Crippen LogP contribution in [0.2, 0.25) is 0 Å². The van der Waals surface area contributed by atoms with Crippen molar-refractivity contribution in [2.24, 2.45) is 5.92 Å². The first-order valence-corrected chi connectivity index (χ1v) is 38.2. The van der Waals surface area contributed by atoms with Crippen molar-refractivity contribution >= 4 is 29.9 Å². The lowest BCUT2D eigenvalue weighted by atomic mass is 9.91. The highest BCUT2D eigenvalue weighted by Crippen LogP contribution is 2.33. The molecule has 6 atom stereocenters. The Morgan fingerprint density at radius 2 is 0.825 bits per heavy atom. The van der Waals surface area contributed by atoms with Gasteiger partial charge in [0.05, 0.1) is 56.3 Å². The number of nitrogens with one attached hydrogen (secondary N) is 2. The molecule has 97 heavy (non-hydrogen) atoms. The molecule has 0 spiro atoms. The Balaban J connectivity index is 1.06. The van der Waals surface area contributed by atoms with Crippen LogP contribution in [0.15, 0.2) is 91.0 Å². The lowest BCUT2D eigenvalue weighted by Gasteiger charge is -2.44. The Kier molecular flexibility index (Phi) is 50.5. The summed E-state index contributed by atoms with van der Waals surface area (Å²) >= 11 is 0. The number of benzene rings is 3. The monoisotopic (exact) mass is 1360 g/mol. The van der Waals surface area contributed by atoms with Crippen LogP contribution in [0, 0.1) is 5.92 Å². The predicted octanol–water partition coefficient (Wildman–Crippen LogP) is 18.0. The van der Waals surface area contributed by atoms with Gasteiger partial charge < -0.3 is 58.0 Å². The van der Waals surface area contributed by atoms with Crippen LogP contribution in [-0.4, -0.2) is 140 Å². The molecule has 0 saturated carbocycles. The normalized spacial score (nSPS) is 16.3. The summed E-state index contributed by atoms with van der Waals surface area (Å²) in [4.78, 5) is 65.5. The van der Waals surface area contributed by atoms with E-state index < -0.39 is 54.5 Å². The zero-order valence-corrected chi connectivity index (χ0v) is 60.2. The van der Waals surface area contributed by atoms with E-state index in [-0.39, 0.29) is 57.2 Å². The third kappa shape index (κ3) is 42.3. The van der Waals surface area contributed by atoms with Gasteiger partial charge in [-0.25, -0.2) is 19.2 Å². The van der Waals surface area contributed by atoms with E-state index in [1.807, 2.05) is 0 Å². The van der Waals surface area contributed by atoms with Crippen LogP contribution in [0.5, 0.6) is 0 Å². The second kappa shape index (κ2) is 58.4. The highest BCUT2D eigenvalue weighted by molar-refractivity contribution is 5.91. The summed E-state index contributed by atoms with van der Waals surface area (Å²) in [7, 11) is 0. The molecule has 0 aliphatic carbocycles. The summed E-state index contributed by atoms with van der Waals surface area (Å²) in [5, 5.41) is 5.76. The van der Waals surface area contributed by atoms with Crippen molar-refractivity contribution < 1.29 is 71.3 Å². The minimum atomic E-state index is -1.19. The summed E-state index contributed by atoms with van der Waals surface area (Å²) < 4.78 is 59.8. The van der Waals surface area contributed by atoms with Crippen molar-refractivity contribution in [3.63, 3.8) is 0 Å². The molecule has 3 aromatic carbocycles. The molecule has 1 fully saturated rings. The van der Waals surface area contributed by atoms with E-state index in [0.29, 0.717) is 63.5 Å². The molecule has 3 aromatic rings. The summed E-state index contributed by atoms with van der Waals surface area (Å²) in [6.45, 7) is 9.75. The second-order valence-corrected chi connectivity index (χ2v) is 26.3. The molecular weight excluding hydrogens is 1230 g/mol. The second-order valence-electron chi connectivity index (χ2n) is 26.3. The maximum atomic E-state index is 13.6. The van der Waals surface area contributed by atoms with Gasteiger partial charge in [-0.3, -0.25) is 4.79 Å². The lowest BCUT2D eigenvalue weighted by molar-refractivity contribution is -0.282. The molecule has 4 rings (SSSR count). The van der Waals surface area contributed by atoms with Gasteiger partial charge in [-0.15, -0.1) is 0 Å². The van der Waals surface area contributed by atoms with E-state index in [9.17, 15) is 24.0 Å². The van der Waals surface area contributed by atoms with Crippen LogP contribution in [0.25, 0.3) is 0 Å². The van der Waals surface area contributed by atoms with Crippen molar-refractivity contribution in [3.8, 4) is 0 Å². The first kappa shape index (κ1) is 84.0. The fourth-order valence-corrected chi connectivity index (χ4v) is 11.9. The van der Waals surface area contributed by atoms with Gasteiger partial charge in [0.1, 0.15) is 31.5 Å². The first-order chi connectivity index (χ1) is 47.7. The van der Waals surface area contributed by atoms with Gasteiger partial charge in [-0.05, 0) is 62.1 Å². The van der Waals surface area contributed by atoms with Crippen LogP contribution in [0.4, 0.5) is 4.79 Å². The van der Waals surface area contributed by atoms with E-state index in [2.05, 4.69) is 24.5 Å². The molecule has 17 nitrogen and oxygen atoms in total. The van der Waals surface area contributed by atoms with E-state index in [4.69, 9.17) is 47.4 Å². The highest BCUT2D eigenvalue weighted by atomic mass is 16.7. The fourth-order valence-electron chi connectivity index (χ4n) is 11.9. The SMILES string of the molecule is CCCCCCCCCCCCCCCCCCOC[C@@H](COC(=O)NCCCCCC(=O)NCCOCCOCCO[C@H]1OC(COC(=O)c2ccccc2)[C@@H](OC(=O)c2ccccc2)[C@H](OC(=O)c2ccccc2)C1C)OCCCCCCCCCCCCCCCCCC. The van der Waals surface area contributed by atoms with E-state index in [0.717, 1.165) is 32.1 Å². The van der Waals surface area contributed by atoms with Crippen molar-refractivity contribution in [2.75, 3.05) is 79.2 Å². The van der Waals surface area contributed by atoms with Crippen LogP contribution in [0.3, 0.4) is 0 Å². The molecule has 0 radical (unpaired) electrons. The summed E-state index contributed by atoms with van der Waals surface area (Å²) in [5.74, 6) is -2.65. The first-order valence-electron chi connectivity index (χ1n) is 38.2.